The van der Waals surface area contributed by atoms with Crippen molar-refractivity contribution in [1.82, 2.24) is 10.2 Å². The molecule has 1 aliphatic carbocycles. The highest BCUT2D eigenvalue weighted by molar-refractivity contribution is 6.01. The first-order valence-corrected chi connectivity index (χ1v) is 9.32. The average molecular weight is 365 g/mol. The maximum Gasteiger partial charge on any atom is 0.266 e. The van der Waals surface area contributed by atoms with Crippen LogP contribution in [0.3, 0.4) is 0 Å². The van der Waals surface area contributed by atoms with Crippen molar-refractivity contribution < 1.29 is 14.3 Å². The van der Waals surface area contributed by atoms with Gasteiger partial charge < -0.3 is 14.8 Å². The zero-order valence-corrected chi connectivity index (χ0v) is 15.3. The van der Waals surface area contributed by atoms with E-state index in [1.54, 1.807) is 6.92 Å². The number of anilines is 1. The molecule has 1 aromatic heterocycles. The number of para-hydroxylation sites is 1. The number of aromatic amines is 1. The van der Waals surface area contributed by atoms with Crippen molar-refractivity contribution in [1.29, 1.82) is 0 Å². The molecule has 0 saturated heterocycles. The molecule has 27 heavy (non-hydrogen) atoms. The molecule has 0 aliphatic heterocycles. The first-order valence-electron chi connectivity index (χ1n) is 9.32. The summed E-state index contributed by atoms with van der Waals surface area (Å²) in [4.78, 5) is 12.4. The predicted octanol–water partition coefficient (Wildman–Crippen LogP) is 4.15. The molecule has 0 spiro atoms. The van der Waals surface area contributed by atoms with Crippen LogP contribution in [0.15, 0.2) is 48.5 Å². The fraction of sp³-hybridized carbons (Fsp3) is 0.333. The van der Waals surface area contributed by atoms with E-state index >= 15 is 0 Å². The lowest BCUT2D eigenvalue weighted by molar-refractivity contribution is -0.122. The number of nitrogens with one attached hydrogen (secondary N) is 2. The Bertz CT molecular complexity index is 919. The summed E-state index contributed by atoms with van der Waals surface area (Å²) in [7, 11) is 0. The number of rotatable bonds is 8. The molecule has 1 fully saturated rings. The monoisotopic (exact) mass is 365 g/mol. The van der Waals surface area contributed by atoms with Crippen LogP contribution in [-0.2, 0) is 4.79 Å². The van der Waals surface area contributed by atoms with E-state index in [-0.39, 0.29) is 5.91 Å². The number of aromatic nitrogens is 2. The standard InChI is InChI=1S/C21H23N3O3/c1-14(27-16-5-3-2-4-6-16)21(25)22-20-18-10-9-17(13-19(18)23-24-20)26-12-11-15-7-8-15/h2-6,9-10,13-15H,7-8,11-12H2,1H3,(H2,22,23,24,25). The number of carbonyl (C=O) groups is 1. The van der Waals surface area contributed by atoms with Crippen molar-refractivity contribution in [2.45, 2.75) is 32.3 Å². The molecule has 0 radical (unpaired) electrons. The van der Waals surface area contributed by atoms with Crippen LogP contribution in [0.2, 0.25) is 0 Å². The van der Waals surface area contributed by atoms with Crippen molar-refractivity contribution in [2.24, 2.45) is 5.92 Å². The van der Waals surface area contributed by atoms with E-state index in [1.807, 2.05) is 48.5 Å². The summed E-state index contributed by atoms with van der Waals surface area (Å²) in [5, 5.41) is 10.8. The Kier molecular flexibility index (Phi) is 4.96. The van der Waals surface area contributed by atoms with Crippen LogP contribution < -0.4 is 14.8 Å². The molecule has 1 unspecified atom stereocenters. The number of hydrogen-bond acceptors (Lipinski definition) is 4. The van der Waals surface area contributed by atoms with Crippen LogP contribution in [0.1, 0.15) is 26.2 Å². The molecule has 1 saturated carbocycles. The lowest BCUT2D eigenvalue weighted by Gasteiger charge is -2.13. The van der Waals surface area contributed by atoms with Gasteiger partial charge in [-0.2, -0.15) is 5.10 Å². The van der Waals surface area contributed by atoms with E-state index in [4.69, 9.17) is 9.47 Å². The van der Waals surface area contributed by atoms with Gasteiger partial charge in [0, 0.05) is 11.5 Å². The quantitative estimate of drug-likeness (QED) is 0.629. The fourth-order valence-electron chi connectivity index (χ4n) is 2.91. The Morgan fingerprint density at radius 3 is 2.81 bits per heavy atom. The number of fused-ring (bicyclic) bond motifs is 1. The minimum absolute atomic E-state index is 0.253. The molecule has 4 rings (SSSR count). The molecule has 3 aromatic rings. The molecule has 2 N–H and O–H groups in total. The topological polar surface area (TPSA) is 76.2 Å². The van der Waals surface area contributed by atoms with Crippen LogP contribution >= 0.6 is 0 Å². The van der Waals surface area contributed by atoms with E-state index in [1.165, 1.54) is 12.8 Å². The third kappa shape index (κ3) is 4.39. The minimum Gasteiger partial charge on any atom is -0.494 e. The van der Waals surface area contributed by atoms with E-state index in [0.717, 1.165) is 35.6 Å². The molecule has 140 valence electrons. The number of hydrogen-bond donors (Lipinski definition) is 2. The van der Waals surface area contributed by atoms with Crippen LogP contribution in [0, 0.1) is 5.92 Å². The molecule has 6 nitrogen and oxygen atoms in total. The molecule has 1 atom stereocenters. The Labute approximate surface area is 157 Å². The van der Waals surface area contributed by atoms with Gasteiger partial charge in [-0.25, -0.2) is 0 Å². The van der Waals surface area contributed by atoms with E-state index in [2.05, 4.69) is 15.5 Å². The van der Waals surface area contributed by atoms with Gasteiger partial charge in [-0.15, -0.1) is 0 Å². The van der Waals surface area contributed by atoms with Crippen LogP contribution in [0.4, 0.5) is 5.82 Å². The fourth-order valence-corrected chi connectivity index (χ4v) is 2.91. The van der Waals surface area contributed by atoms with Crippen molar-refractivity contribution in [2.75, 3.05) is 11.9 Å². The molecular formula is C21H23N3O3. The van der Waals surface area contributed by atoms with Gasteiger partial charge in [-0.05, 0) is 43.5 Å². The number of carbonyl (C=O) groups excluding carboxylic acids is 1. The summed E-state index contributed by atoms with van der Waals surface area (Å²) in [5.41, 5.74) is 0.825. The van der Waals surface area contributed by atoms with Crippen molar-refractivity contribution in [3.63, 3.8) is 0 Å². The summed E-state index contributed by atoms with van der Waals surface area (Å²) >= 11 is 0. The summed E-state index contributed by atoms with van der Waals surface area (Å²) in [6.07, 6.45) is 3.14. The highest BCUT2D eigenvalue weighted by Crippen LogP contribution is 2.32. The summed E-state index contributed by atoms with van der Waals surface area (Å²) < 4.78 is 11.5. The Morgan fingerprint density at radius 1 is 1.22 bits per heavy atom. The van der Waals surface area contributed by atoms with Crippen LogP contribution in [0.25, 0.3) is 10.9 Å². The van der Waals surface area contributed by atoms with Crippen LogP contribution in [-0.4, -0.2) is 28.8 Å². The van der Waals surface area contributed by atoms with Gasteiger partial charge in [0.15, 0.2) is 11.9 Å². The van der Waals surface area contributed by atoms with E-state index < -0.39 is 6.10 Å². The molecule has 1 amide bonds. The molecule has 6 heteroatoms. The first-order chi connectivity index (χ1) is 13.2. The Balaban J connectivity index is 1.38. The normalized spacial score (nSPS) is 14.7. The van der Waals surface area contributed by atoms with Gasteiger partial charge in [0.1, 0.15) is 11.5 Å². The third-order valence-corrected chi connectivity index (χ3v) is 4.69. The van der Waals surface area contributed by atoms with Gasteiger partial charge >= 0.3 is 0 Å². The largest absolute Gasteiger partial charge is 0.494 e. The van der Waals surface area contributed by atoms with E-state index in [9.17, 15) is 4.79 Å². The summed E-state index contributed by atoms with van der Waals surface area (Å²) in [6.45, 7) is 2.45. The van der Waals surface area contributed by atoms with Crippen molar-refractivity contribution in [3.05, 3.63) is 48.5 Å². The zero-order chi connectivity index (χ0) is 18.6. The van der Waals surface area contributed by atoms with Gasteiger partial charge in [0.2, 0.25) is 0 Å². The number of H-pyrrole nitrogens is 1. The van der Waals surface area contributed by atoms with Gasteiger partial charge in [0.05, 0.1) is 12.1 Å². The second-order valence-corrected chi connectivity index (χ2v) is 6.92. The maximum atomic E-state index is 12.4. The smallest absolute Gasteiger partial charge is 0.266 e. The molecular weight excluding hydrogens is 342 g/mol. The number of benzene rings is 2. The lowest BCUT2D eigenvalue weighted by atomic mass is 10.2. The first kappa shape index (κ1) is 17.4. The third-order valence-electron chi connectivity index (χ3n) is 4.69. The predicted molar refractivity (Wildman–Crippen MR) is 104 cm³/mol. The highest BCUT2D eigenvalue weighted by Gasteiger charge is 2.21. The van der Waals surface area contributed by atoms with Gasteiger partial charge in [-0.1, -0.05) is 31.0 Å². The highest BCUT2D eigenvalue weighted by atomic mass is 16.5. The summed E-state index contributed by atoms with van der Waals surface area (Å²) in [5.74, 6) is 2.55. The lowest BCUT2D eigenvalue weighted by Crippen LogP contribution is -2.30. The molecule has 0 bridgehead atoms. The van der Waals surface area contributed by atoms with Gasteiger partial charge in [0.25, 0.3) is 5.91 Å². The van der Waals surface area contributed by atoms with E-state index in [0.29, 0.717) is 11.6 Å². The zero-order valence-electron chi connectivity index (χ0n) is 15.3. The van der Waals surface area contributed by atoms with Crippen molar-refractivity contribution >= 4 is 22.6 Å². The van der Waals surface area contributed by atoms with Gasteiger partial charge in [-0.3, -0.25) is 9.89 Å². The second-order valence-electron chi connectivity index (χ2n) is 6.92. The Hall–Kier alpha value is -3.02. The molecule has 1 heterocycles. The molecule has 1 aliphatic rings. The number of amides is 1. The molecule has 2 aromatic carbocycles. The summed E-state index contributed by atoms with van der Waals surface area (Å²) in [6, 6.07) is 15.0. The SMILES string of the molecule is CC(Oc1ccccc1)C(=O)Nc1n[nH]c2cc(OCCC3CC3)ccc12. The Morgan fingerprint density at radius 2 is 2.04 bits per heavy atom. The minimum atomic E-state index is -0.635. The van der Waals surface area contributed by atoms with Crippen LogP contribution in [0.5, 0.6) is 11.5 Å². The van der Waals surface area contributed by atoms with Crippen molar-refractivity contribution in [3.8, 4) is 11.5 Å². The maximum absolute atomic E-state index is 12.4. The second kappa shape index (κ2) is 7.70. The number of nitrogens with zero attached hydrogens (tertiary/aromatic N) is 1. The average Bonchev–Trinajstić information content (AvgIpc) is 3.42. The number of ether oxygens (including phenoxy) is 2.